The summed E-state index contributed by atoms with van der Waals surface area (Å²) in [5.74, 6) is -0.812. The lowest BCUT2D eigenvalue weighted by Crippen LogP contribution is -2.59. The van der Waals surface area contributed by atoms with Gasteiger partial charge in [0.1, 0.15) is 0 Å². The molecule has 1 aromatic rings. The zero-order valence-corrected chi connectivity index (χ0v) is 13.2. The van der Waals surface area contributed by atoms with Crippen molar-refractivity contribution >= 4 is 5.97 Å². The fraction of sp³-hybridized carbons (Fsp3) is 0.588. The Bertz CT molecular complexity index is 471. The summed E-state index contributed by atoms with van der Waals surface area (Å²) in [6.45, 7) is 4.46. The van der Waals surface area contributed by atoms with E-state index in [4.69, 9.17) is 0 Å². The number of carbonyl (C=O) groups is 1. The summed E-state index contributed by atoms with van der Waals surface area (Å²) in [7, 11) is 2.03. The Morgan fingerprint density at radius 1 is 1.38 bits per heavy atom. The molecule has 0 saturated heterocycles. The van der Waals surface area contributed by atoms with Crippen molar-refractivity contribution in [2.45, 2.75) is 50.7 Å². The first-order valence-electron chi connectivity index (χ1n) is 7.72. The molecule has 2 rings (SSSR count). The molecular formula is C17H26N2O2. The van der Waals surface area contributed by atoms with E-state index in [1.807, 2.05) is 51.2 Å². The van der Waals surface area contributed by atoms with Crippen LogP contribution in [-0.2, 0) is 10.3 Å². The predicted octanol–water partition coefficient (Wildman–Crippen LogP) is 2.45. The monoisotopic (exact) mass is 290 g/mol. The molecule has 0 heterocycles. The maximum Gasteiger partial charge on any atom is 0.329 e. The Morgan fingerprint density at radius 2 is 2.00 bits per heavy atom. The molecule has 1 atom stereocenters. The standard InChI is InChI=1S/C17H26N2O2/c1-13(2)18-17(16(20)21,14-8-5-4-6-9-14)12-19(3)15-10-7-11-15/h4-6,8-9,13,15,18H,7,10-12H2,1-3H3,(H,20,21). The van der Waals surface area contributed by atoms with Gasteiger partial charge in [0.05, 0.1) is 0 Å². The highest BCUT2D eigenvalue weighted by atomic mass is 16.4. The van der Waals surface area contributed by atoms with Gasteiger partial charge in [0, 0.05) is 18.6 Å². The lowest BCUT2D eigenvalue weighted by atomic mass is 9.85. The third-order valence-electron chi connectivity index (χ3n) is 4.35. The summed E-state index contributed by atoms with van der Waals surface area (Å²) in [6.07, 6.45) is 3.59. The molecule has 116 valence electrons. The summed E-state index contributed by atoms with van der Waals surface area (Å²) >= 11 is 0. The molecule has 0 amide bonds. The number of benzene rings is 1. The number of nitrogens with zero attached hydrogens (tertiary/aromatic N) is 1. The van der Waals surface area contributed by atoms with Crippen LogP contribution in [0.2, 0.25) is 0 Å². The Hall–Kier alpha value is -1.39. The van der Waals surface area contributed by atoms with Gasteiger partial charge in [-0.15, -0.1) is 0 Å². The van der Waals surface area contributed by atoms with Crippen molar-refractivity contribution in [3.8, 4) is 0 Å². The van der Waals surface area contributed by atoms with Crippen LogP contribution in [0.5, 0.6) is 0 Å². The third-order valence-corrected chi connectivity index (χ3v) is 4.35. The van der Waals surface area contributed by atoms with Crippen LogP contribution in [-0.4, -0.2) is 41.7 Å². The third kappa shape index (κ3) is 3.44. The minimum atomic E-state index is -1.06. The lowest BCUT2D eigenvalue weighted by Gasteiger charge is -2.42. The fourth-order valence-corrected chi connectivity index (χ4v) is 3.02. The molecule has 0 aromatic heterocycles. The Balaban J connectivity index is 2.33. The van der Waals surface area contributed by atoms with Crippen molar-refractivity contribution in [1.29, 1.82) is 0 Å². The first-order chi connectivity index (χ1) is 9.95. The molecule has 2 N–H and O–H groups in total. The van der Waals surface area contributed by atoms with E-state index in [2.05, 4.69) is 10.2 Å². The molecule has 1 saturated carbocycles. The largest absolute Gasteiger partial charge is 0.480 e. The molecule has 0 aliphatic heterocycles. The maximum absolute atomic E-state index is 12.1. The van der Waals surface area contributed by atoms with Crippen LogP contribution in [0.15, 0.2) is 30.3 Å². The van der Waals surface area contributed by atoms with Crippen LogP contribution in [0.25, 0.3) is 0 Å². The Labute approximate surface area is 127 Å². The molecule has 1 aromatic carbocycles. The number of nitrogens with one attached hydrogen (secondary N) is 1. The van der Waals surface area contributed by atoms with Crippen LogP contribution in [0.1, 0.15) is 38.7 Å². The molecule has 0 spiro atoms. The van der Waals surface area contributed by atoms with Gasteiger partial charge in [0.2, 0.25) is 0 Å². The van der Waals surface area contributed by atoms with E-state index >= 15 is 0 Å². The van der Waals surface area contributed by atoms with Gasteiger partial charge in [-0.3, -0.25) is 5.32 Å². The van der Waals surface area contributed by atoms with Crippen molar-refractivity contribution in [3.63, 3.8) is 0 Å². The van der Waals surface area contributed by atoms with Crippen molar-refractivity contribution in [3.05, 3.63) is 35.9 Å². The van der Waals surface area contributed by atoms with Crippen LogP contribution in [0.4, 0.5) is 0 Å². The van der Waals surface area contributed by atoms with Crippen molar-refractivity contribution in [2.24, 2.45) is 0 Å². The highest BCUT2D eigenvalue weighted by Gasteiger charge is 2.43. The summed E-state index contributed by atoms with van der Waals surface area (Å²) in [5, 5.41) is 13.3. The average Bonchev–Trinajstić information content (AvgIpc) is 2.35. The summed E-state index contributed by atoms with van der Waals surface area (Å²) in [4.78, 5) is 14.3. The van der Waals surface area contributed by atoms with Crippen molar-refractivity contribution in [1.82, 2.24) is 10.2 Å². The second-order valence-electron chi connectivity index (χ2n) is 6.38. The van der Waals surface area contributed by atoms with E-state index in [1.54, 1.807) is 0 Å². The summed E-state index contributed by atoms with van der Waals surface area (Å²) in [5.41, 5.74) is -0.239. The molecule has 4 nitrogen and oxygen atoms in total. The summed E-state index contributed by atoms with van der Waals surface area (Å²) < 4.78 is 0. The van der Waals surface area contributed by atoms with Gasteiger partial charge < -0.3 is 10.0 Å². The molecule has 0 bridgehead atoms. The molecule has 21 heavy (non-hydrogen) atoms. The minimum absolute atomic E-state index is 0.0936. The molecule has 0 radical (unpaired) electrons. The van der Waals surface area contributed by atoms with Gasteiger partial charge >= 0.3 is 5.97 Å². The molecule has 1 fully saturated rings. The first kappa shape index (κ1) is 16.0. The minimum Gasteiger partial charge on any atom is -0.480 e. The zero-order valence-electron chi connectivity index (χ0n) is 13.2. The van der Waals surface area contributed by atoms with E-state index in [-0.39, 0.29) is 6.04 Å². The SMILES string of the molecule is CC(C)NC(CN(C)C1CCC1)(C(=O)O)c1ccccc1. The Kier molecular flexibility index (Phi) is 5.01. The van der Waals surface area contributed by atoms with E-state index < -0.39 is 11.5 Å². The number of rotatable bonds is 7. The lowest BCUT2D eigenvalue weighted by molar-refractivity contribution is -0.147. The fourth-order valence-electron chi connectivity index (χ4n) is 3.02. The van der Waals surface area contributed by atoms with Gasteiger partial charge in [-0.2, -0.15) is 0 Å². The van der Waals surface area contributed by atoms with Crippen LogP contribution < -0.4 is 5.32 Å². The predicted molar refractivity (Wildman–Crippen MR) is 84.3 cm³/mol. The second kappa shape index (κ2) is 6.58. The average molecular weight is 290 g/mol. The van der Waals surface area contributed by atoms with Crippen molar-refractivity contribution in [2.75, 3.05) is 13.6 Å². The zero-order chi connectivity index (χ0) is 15.5. The van der Waals surface area contributed by atoms with Gasteiger partial charge in [0.25, 0.3) is 0 Å². The highest BCUT2D eigenvalue weighted by molar-refractivity contribution is 5.81. The number of aliphatic carboxylic acids is 1. The molecule has 1 aliphatic rings. The van der Waals surface area contributed by atoms with Gasteiger partial charge in [-0.25, -0.2) is 4.79 Å². The second-order valence-corrected chi connectivity index (χ2v) is 6.38. The molecule has 1 unspecified atom stereocenters. The quantitative estimate of drug-likeness (QED) is 0.810. The molecular weight excluding hydrogens is 264 g/mol. The smallest absolute Gasteiger partial charge is 0.329 e. The highest BCUT2D eigenvalue weighted by Crippen LogP contribution is 2.29. The van der Waals surface area contributed by atoms with E-state index in [0.717, 1.165) is 5.56 Å². The Morgan fingerprint density at radius 3 is 2.43 bits per heavy atom. The number of hydrogen-bond acceptors (Lipinski definition) is 3. The number of carboxylic acid groups (broad SMARTS) is 1. The van der Waals surface area contributed by atoms with Gasteiger partial charge in [-0.05, 0) is 39.3 Å². The van der Waals surface area contributed by atoms with Crippen LogP contribution in [0.3, 0.4) is 0 Å². The van der Waals surface area contributed by atoms with Crippen LogP contribution >= 0.6 is 0 Å². The van der Waals surface area contributed by atoms with Gasteiger partial charge in [0.15, 0.2) is 5.54 Å². The first-order valence-corrected chi connectivity index (χ1v) is 7.72. The van der Waals surface area contributed by atoms with Crippen molar-refractivity contribution < 1.29 is 9.90 Å². The summed E-state index contributed by atoms with van der Waals surface area (Å²) in [6, 6.07) is 10.1. The maximum atomic E-state index is 12.1. The number of hydrogen-bond donors (Lipinski definition) is 2. The molecule has 1 aliphatic carbocycles. The number of likely N-dealkylation sites (N-methyl/N-ethyl adjacent to an activating group) is 1. The number of carboxylic acids is 1. The molecule has 4 heteroatoms. The van der Waals surface area contributed by atoms with Gasteiger partial charge in [-0.1, -0.05) is 36.8 Å². The topological polar surface area (TPSA) is 52.6 Å². The van der Waals surface area contributed by atoms with E-state index in [9.17, 15) is 9.90 Å². The van der Waals surface area contributed by atoms with E-state index in [0.29, 0.717) is 12.6 Å². The van der Waals surface area contributed by atoms with Crippen LogP contribution in [0, 0.1) is 0 Å². The van der Waals surface area contributed by atoms with E-state index in [1.165, 1.54) is 19.3 Å². The normalized spacial score (nSPS) is 18.5.